The Hall–Kier alpha value is -4.92. The molecule has 1 aliphatic rings. The third-order valence-electron chi connectivity index (χ3n) is 7.24. The maximum Gasteiger partial charge on any atom is 0.227 e. The molecule has 0 unspecified atom stereocenters. The second kappa shape index (κ2) is 9.19. The van der Waals surface area contributed by atoms with Gasteiger partial charge >= 0.3 is 0 Å². The smallest absolute Gasteiger partial charge is 0.227 e. The molecule has 0 spiro atoms. The summed E-state index contributed by atoms with van der Waals surface area (Å²) < 4.78 is 0. The van der Waals surface area contributed by atoms with Crippen molar-refractivity contribution < 1.29 is 4.79 Å². The predicted octanol–water partition coefficient (Wildman–Crippen LogP) is 5.75. The fraction of sp³-hybridized carbons (Fsp3) is 0.172. The van der Waals surface area contributed by atoms with E-state index in [1.54, 1.807) is 37.2 Å². The van der Waals surface area contributed by atoms with Gasteiger partial charge in [0.15, 0.2) is 5.65 Å². The maximum atomic E-state index is 12.6. The standard InChI is InChI=1S/C29H24N8O/c38-29(18-3-1-2-4-18)34-21-11-19(14-31-16-21)20-12-23-27(36-37-28(23)33-15-20)25-13-22-24(35-25)7-10-32-26(22)17-5-8-30-9-6-17/h5-16,18,35H,1-4H2,(H,34,38)(H,33,36,37). The number of hydrogen-bond acceptors (Lipinski definition) is 6. The molecule has 0 saturated heterocycles. The SMILES string of the molecule is O=C(Nc1cncc(-c2cnc3[nH]nc(-c4cc5c(-c6ccncc6)nccc5[nH]4)c3c2)c1)C1CCCC1. The molecule has 6 aromatic rings. The van der Waals surface area contributed by atoms with Gasteiger partial charge in [0.1, 0.15) is 5.69 Å². The first-order valence-corrected chi connectivity index (χ1v) is 12.7. The molecule has 0 aliphatic heterocycles. The van der Waals surface area contributed by atoms with Crippen LogP contribution in [0, 0.1) is 5.92 Å². The lowest BCUT2D eigenvalue weighted by Crippen LogP contribution is -2.20. The summed E-state index contributed by atoms with van der Waals surface area (Å²) in [5.41, 5.74) is 7.63. The van der Waals surface area contributed by atoms with Gasteiger partial charge in [-0.3, -0.25) is 24.8 Å². The molecule has 0 atom stereocenters. The number of hydrogen-bond donors (Lipinski definition) is 3. The second-order valence-corrected chi connectivity index (χ2v) is 9.66. The number of nitrogens with one attached hydrogen (secondary N) is 3. The van der Waals surface area contributed by atoms with E-state index in [0.29, 0.717) is 11.3 Å². The van der Waals surface area contributed by atoms with E-state index in [9.17, 15) is 4.79 Å². The van der Waals surface area contributed by atoms with Crippen molar-refractivity contribution >= 4 is 33.5 Å². The van der Waals surface area contributed by atoms with Crippen LogP contribution >= 0.6 is 0 Å². The van der Waals surface area contributed by atoms with Crippen molar-refractivity contribution in [2.75, 3.05) is 5.32 Å². The zero-order valence-corrected chi connectivity index (χ0v) is 20.5. The molecule has 38 heavy (non-hydrogen) atoms. The fourth-order valence-electron chi connectivity index (χ4n) is 5.29. The first-order valence-electron chi connectivity index (χ1n) is 12.7. The number of pyridine rings is 4. The molecule has 6 aromatic heterocycles. The zero-order valence-electron chi connectivity index (χ0n) is 20.5. The van der Waals surface area contributed by atoms with Gasteiger partial charge in [-0.1, -0.05) is 12.8 Å². The molecule has 6 heterocycles. The van der Waals surface area contributed by atoms with E-state index in [1.807, 2.05) is 30.3 Å². The molecule has 0 bridgehead atoms. The Morgan fingerprint density at radius 1 is 0.816 bits per heavy atom. The van der Waals surface area contributed by atoms with E-state index in [4.69, 9.17) is 0 Å². The van der Waals surface area contributed by atoms with Crippen LogP contribution in [0.4, 0.5) is 5.69 Å². The van der Waals surface area contributed by atoms with E-state index in [2.05, 4.69) is 46.5 Å². The molecule has 1 aliphatic carbocycles. The van der Waals surface area contributed by atoms with Gasteiger partial charge in [0.25, 0.3) is 0 Å². The highest BCUT2D eigenvalue weighted by Gasteiger charge is 2.23. The van der Waals surface area contributed by atoms with Gasteiger partial charge in [-0.05, 0) is 49.2 Å². The van der Waals surface area contributed by atoms with Crippen molar-refractivity contribution in [2.45, 2.75) is 25.7 Å². The molecular formula is C29H24N8O. The summed E-state index contributed by atoms with van der Waals surface area (Å²) in [6, 6.07) is 11.9. The minimum absolute atomic E-state index is 0.0755. The molecule has 9 heteroatoms. The second-order valence-electron chi connectivity index (χ2n) is 9.66. The van der Waals surface area contributed by atoms with Crippen LogP contribution < -0.4 is 5.32 Å². The number of amides is 1. The Balaban J connectivity index is 1.25. The highest BCUT2D eigenvalue weighted by molar-refractivity contribution is 6.00. The number of rotatable bonds is 5. The summed E-state index contributed by atoms with van der Waals surface area (Å²) in [4.78, 5) is 33.8. The summed E-state index contributed by atoms with van der Waals surface area (Å²) in [6.45, 7) is 0. The fourth-order valence-corrected chi connectivity index (χ4v) is 5.29. The van der Waals surface area contributed by atoms with Gasteiger partial charge in [-0.25, -0.2) is 4.98 Å². The van der Waals surface area contributed by atoms with E-state index in [0.717, 1.165) is 75.7 Å². The number of anilines is 1. The first kappa shape index (κ1) is 22.3. The highest BCUT2D eigenvalue weighted by Crippen LogP contribution is 2.34. The largest absolute Gasteiger partial charge is 0.353 e. The maximum absolute atomic E-state index is 12.6. The first-order chi connectivity index (χ1) is 18.7. The van der Waals surface area contributed by atoms with Crippen LogP contribution in [0.15, 0.2) is 73.6 Å². The Morgan fingerprint density at radius 2 is 1.66 bits per heavy atom. The van der Waals surface area contributed by atoms with Crippen molar-refractivity contribution in [3.05, 3.63) is 73.6 Å². The summed E-state index contributed by atoms with van der Waals surface area (Å²) in [6.07, 6.45) is 14.7. The van der Waals surface area contributed by atoms with Crippen LogP contribution in [-0.2, 0) is 4.79 Å². The molecule has 0 aromatic carbocycles. The molecule has 186 valence electrons. The van der Waals surface area contributed by atoms with Gasteiger partial charge in [0.2, 0.25) is 5.91 Å². The van der Waals surface area contributed by atoms with Crippen LogP contribution in [0.1, 0.15) is 25.7 Å². The van der Waals surface area contributed by atoms with Crippen molar-refractivity contribution in [3.8, 4) is 33.8 Å². The number of fused-ring (bicyclic) bond motifs is 2. The number of carbonyl (C=O) groups excluding carboxylic acids is 1. The average Bonchev–Trinajstić information content (AvgIpc) is 3.73. The molecule has 0 radical (unpaired) electrons. The monoisotopic (exact) mass is 500 g/mol. The summed E-state index contributed by atoms with van der Waals surface area (Å²) in [5, 5.41) is 12.6. The van der Waals surface area contributed by atoms with E-state index < -0.39 is 0 Å². The number of H-pyrrole nitrogens is 2. The lowest BCUT2D eigenvalue weighted by atomic mass is 10.1. The Kier molecular flexibility index (Phi) is 5.39. The number of aromatic nitrogens is 7. The van der Waals surface area contributed by atoms with Crippen molar-refractivity contribution in [3.63, 3.8) is 0 Å². The summed E-state index contributed by atoms with van der Waals surface area (Å²) >= 11 is 0. The van der Waals surface area contributed by atoms with Crippen LogP contribution in [0.5, 0.6) is 0 Å². The van der Waals surface area contributed by atoms with Crippen LogP contribution in [0.2, 0.25) is 0 Å². The zero-order chi connectivity index (χ0) is 25.5. The molecule has 7 rings (SSSR count). The normalized spacial score (nSPS) is 13.9. The van der Waals surface area contributed by atoms with Crippen molar-refractivity contribution in [1.82, 2.24) is 35.1 Å². The Morgan fingerprint density at radius 3 is 2.53 bits per heavy atom. The number of aromatic amines is 2. The van der Waals surface area contributed by atoms with Crippen LogP contribution in [0.25, 0.3) is 55.7 Å². The molecule has 9 nitrogen and oxygen atoms in total. The van der Waals surface area contributed by atoms with Gasteiger partial charge in [-0.15, -0.1) is 0 Å². The van der Waals surface area contributed by atoms with E-state index >= 15 is 0 Å². The third kappa shape index (κ3) is 3.98. The Bertz CT molecular complexity index is 1780. The average molecular weight is 501 g/mol. The predicted molar refractivity (Wildman–Crippen MR) is 146 cm³/mol. The lowest BCUT2D eigenvalue weighted by Gasteiger charge is -2.11. The number of nitrogens with zero attached hydrogens (tertiary/aromatic N) is 5. The van der Waals surface area contributed by atoms with Crippen molar-refractivity contribution in [1.29, 1.82) is 0 Å². The molecular weight excluding hydrogens is 476 g/mol. The molecule has 3 N–H and O–H groups in total. The minimum Gasteiger partial charge on any atom is -0.353 e. The van der Waals surface area contributed by atoms with Gasteiger partial charge in [0.05, 0.1) is 23.3 Å². The van der Waals surface area contributed by atoms with E-state index in [1.165, 1.54) is 0 Å². The van der Waals surface area contributed by atoms with Gasteiger partial charge in [-0.2, -0.15) is 5.10 Å². The van der Waals surface area contributed by atoms with Gasteiger partial charge < -0.3 is 10.3 Å². The third-order valence-corrected chi connectivity index (χ3v) is 7.24. The van der Waals surface area contributed by atoms with Crippen LogP contribution in [-0.4, -0.2) is 41.0 Å². The molecule has 1 amide bonds. The summed E-state index contributed by atoms with van der Waals surface area (Å²) in [5.74, 6) is 0.169. The topological polar surface area (TPSA) is 125 Å². The van der Waals surface area contributed by atoms with Crippen LogP contribution in [0.3, 0.4) is 0 Å². The van der Waals surface area contributed by atoms with Gasteiger partial charge in [0, 0.05) is 69.9 Å². The minimum atomic E-state index is 0.0755. The highest BCUT2D eigenvalue weighted by atomic mass is 16.1. The van der Waals surface area contributed by atoms with E-state index in [-0.39, 0.29) is 11.8 Å². The molecule has 1 saturated carbocycles. The Labute approximate surface area is 217 Å². The summed E-state index contributed by atoms with van der Waals surface area (Å²) in [7, 11) is 0. The number of carbonyl (C=O) groups is 1. The molecule has 1 fully saturated rings. The quantitative estimate of drug-likeness (QED) is 0.277. The lowest BCUT2D eigenvalue weighted by molar-refractivity contribution is -0.119. The van der Waals surface area contributed by atoms with Crippen molar-refractivity contribution in [2.24, 2.45) is 5.92 Å².